The van der Waals surface area contributed by atoms with E-state index in [2.05, 4.69) is 0 Å². The zero-order valence-electron chi connectivity index (χ0n) is 10.9. The van der Waals surface area contributed by atoms with Crippen LogP contribution in [0.15, 0.2) is 30.3 Å². The second-order valence-corrected chi connectivity index (χ2v) is 4.65. The predicted octanol–water partition coefficient (Wildman–Crippen LogP) is 1.96. The van der Waals surface area contributed by atoms with Crippen LogP contribution in [-0.2, 0) is 6.42 Å². The van der Waals surface area contributed by atoms with E-state index in [-0.39, 0.29) is 24.5 Å². The maximum Gasteiger partial charge on any atom is 0.231 e. The van der Waals surface area contributed by atoms with Gasteiger partial charge in [0.15, 0.2) is 17.3 Å². The van der Waals surface area contributed by atoms with Crippen molar-refractivity contribution in [1.82, 2.24) is 0 Å². The third kappa shape index (κ3) is 2.43. The Bertz CT molecular complexity index is 699. The number of phenolic OH excluding ortho intramolecular Hbond substituents is 3. The highest BCUT2D eigenvalue weighted by atomic mass is 16.7. The number of rotatable bonds is 3. The Balaban J connectivity index is 1.87. The molecule has 2 aromatic carbocycles. The Hall–Kier alpha value is -2.89. The molecule has 3 N–H and O–H groups in total. The second kappa shape index (κ2) is 4.90. The summed E-state index contributed by atoms with van der Waals surface area (Å²) >= 11 is 0. The lowest BCUT2D eigenvalue weighted by Crippen LogP contribution is -2.04. The van der Waals surface area contributed by atoms with E-state index in [1.165, 1.54) is 0 Å². The first-order chi connectivity index (χ1) is 10.0. The van der Waals surface area contributed by atoms with Crippen LogP contribution < -0.4 is 9.47 Å². The molecule has 0 spiro atoms. The number of carbonyl (C=O) groups is 1. The zero-order chi connectivity index (χ0) is 15.0. The largest absolute Gasteiger partial charge is 0.508 e. The molecule has 21 heavy (non-hydrogen) atoms. The Morgan fingerprint density at radius 1 is 1.00 bits per heavy atom. The third-order valence-electron chi connectivity index (χ3n) is 3.16. The van der Waals surface area contributed by atoms with Gasteiger partial charge < -0.3 is 24.8 Å². The minimum atomic E-state index is -0.469. The highest BCUT2D eigenvalue weighted by Crippen LogP contribution is 2.35. The number of carbonyl (C=O) groups excluding carboxylic acids is 1. The van der Waals surface area contributed by atoms with E-state index < -0.39 is 17.3 Å². The molecule has 108 valence electrons. The number of fused-ring (bicyclic) bond motifs is 1. The van der Waals surface area contributed by atoms with Crippen LogP contribution in [0.5, 0.6) is 28.7 Å². The molecule has 3 rings (SSSR count). The standard InChI is InChI=1S/C15H12O6/c16-9-5-11(18)15(12(19)6-9)10(17)3-8-1-2-13-14(4-8)21-7-20-13/h1-2,4-6,16,18-19H,3,7H2. The SMILES string of the molecule is O=C(Cc1ccc2c(c1)OCO2)c1c(O)cc(O)cc1O. The first-order valence-corrected chi connectivity index (χ1v) is 6.21. The van der Waals surface area contributed by atoms with E-state index in [4.69, 9.17) is 9.47 Å². The highest BCUT2D eigenvalue weighted by Gasteiger charge is 2.20. The van der Waals surface area contributed by atoms with Crippen molar-refractivity contribution in [1.29, 1.82) is 0 Å². The van der Waals surface area contributed by atoms with Crippen LogP contribution in [0.3, 0.4) is 0 Å². The Morgan fingerprint density at radius 3 is 2.38 bits per heavy atom. The smallest absolute Gasteiger partial charge is 0.231 e. The van der Waals surface area contributed by atoms with Crippen LogP contribution in [0.1, 0.15) is 15.9 Å². The number of phenols is 3. The molecule has 0 amide bonds. The summed E-state index contributed by atoms with van der Waals surface area (Å²) in [6.45, 7) is 0.145. The van der Waals surface area contributed by atoms with Crippen LogP contribution in [0, 0.1) is 0 Å². The van der Waals surface area contributed by atoms with Crippen LogP contribution in [0.2, 0.25) is 0 Å². The number of aromatic hydroxyl groups is 3. The number of benzene rings is 2. The lowest BCUT2D eigenvalue weighted by Gasteiger charge is -2.07. The molecule has 1 aliphatic rings. The number of hydrogen-bond acceptors (Lipinski definition) is 6. The Labute approximate surface area is 119 Å². The summed E-state index contributed by atoms with van der Waals surface area (Å²) in [5.74, 6) is -0.536. The average molecular weight is 288 g/mol. The molecule has 1 aliphatic heterocycles. The Morgan fingerprint density at radius 2 is 1.67 bits per heavy atom. The summed E-state index contributed by atoms with van der Waals surface area (Å²) in [7, 11) is 0. The summed E-state index contributed by atoms with van der Waals surface area (Å²) < 4.78 is 10.4. The molecule has 0 unspecified atom stereocenters. The average Bonchev–Trinajstić information content (AvgIpc) is 2.84. The molecule has 0 atom stereocenters. The quantitative estimate of drug-likeness (QED) is 0.747. The van der Waals surface area contributed by atoms with Gasteiger partial charge in [0, 0.05) is 18.6 Å². The van der Waals surface area contributed by atoms with Gasteiger partial charge in [0.25, 0.3) is 0 Å². The first kappa shape index (κ1) is 13.1. The summed E-state index contributed by atoms with van der Waals surface area (Å²) in [4.78, 5) is 12.2. The van der Waals surface area contributed by atoms with Crippen LogP contribution in [0.25, 0.3) is 0 Å². The van der Waals surface area contributed by atoms with Crippen molar-refractivity contribution in [2.75, 3.05) is 6.79 Å². The van der Waals surface area contributed by atoms with Gasteiger partial charge in [-0.1, -0.05) is 6.07 Å². The van der Waals surface area contributed by atoms with Gasteiger partial charge in [-0.25, -0.2) is 0 Å². The topological polar surface area (TPSA) is 96.2 Å². The highest BCUT2D eigenvalue weighted by molar-refractivity contribution is 6.02. The lowest BCUT2D eigenvalue weighted by molar-refractivity contribution is 0.0987. The van der Waals surface area contributed by atoms with Gasteiger partial charge in [-0.05, 0) is 17.7 Å². The van der Waals surface area contributed by atoms with Gasteiger partial charge in [-0.2, -0.15) is 0 Å². The van der Waals surface area contributed by atoms with Gasteiger partial charge in [0.05, 0.1) is 0 Å². The van der Waals surface area contributed by atoms with Crippen molar-refractivity contribution < 1.29 is 29.6 Å². The van der Waals surface area contributed by atoms with Gasteiger partial charge >= 0.3 is 0 Å². The maximum absolute atomic E-state index is 12.2. The van der Waals surface area contributed by atoms with E-state index in [1.807, 2.05) is 0 Å². The maximum atomic E-state index is 12.2. The minimum absolute atomic E-state index is 0.0253. The fourth-order valence-electron chi connectivity index (χ4n) is 2.21. The number of ketones is 1. The van der Waals surface area contributed by atoms with Crippen molar-refractivity contribution in [3.63, 3.8) is 0 Å². The van der Waals surface area contributed by atoms with E-state index in [0.29, 0.717) is 17.1 Å². The van der Waals surface area contributed by atoms with Crippen molar-refractivity contribution in [2.45, 2.75) is 6.42 Å². The van der Waals surface area contributed by atoms with Gasteiger partial charge in [-0.15, -0.1) is 0 Å². The predicted molar refractivity (Wildman–Crippen MR) is 72.0 cm³/mol. The molecule has 0 aliphatic carbocycles. The van der Waals surface area contributed by atoms with E-state index in [0.717, 1.165) is 12.1 Å². The molecule has 0 bridgehead atoms. The molecule has 0 radical (unpaired) electrons. The molecule has 0 saturated heterocycles. The fraction of sp³-hybridized carbons (Fsp3) is 0.133. The number of ether oxygens (including phenoxy) is 2. The van der Waals surface area contributed by atoms with Gasteiger partial charge in [0.1, 0.15) is 22.8 Å². The van der Waals surface area contributed by atoms with Crippen molar-refractivity contribution in [2.24, 2.45) is 0 Å². The lowest BCUT2D eigenvalue weighted by atomic mass is 10.0. The monoisotopic (exact) mass is 288 g/mol. The first-order valence-electron chi connectivity index (χ1n) is 6.21. The number of hydrogen-bond donors (Lipinski definition) is 3. The van der Waals surface area contributed by atoms with Crippen LogP contribution in [-0.4, -0.2) is 27.9 Å². The summed E-state index contributed by atoms with van der Waals surface area (Å²) in [5.41, 5.74) is 0.446. The molecule has 2 aromatic rings. The van der Waals surface area contributed by atoms with E-state index in [1.54, 1.807) is 18.2 Å². The zero-order valence-corrected chi connectivity index (χ0v) is 10.9. The van der Waals surface area contributed by atoms with Gasteiger partial charge in [0.2, 0.25) is 6.79 Å². The molecule has 6 nitrogen and oxygen atoms in total. The molecular formula is C15H12O6. The third-order valence-corrected chi connectivity index (χ3v) is 3.16. The normalized spacial score (nSPS) is 12.4. The molecule has 6 heteroatoms. The van der Waals surface area contributed by atoms with E-state index >= 15 is 0 Å². The van der Waals surface area contributed by atoms with Gasteiger partial charge in [-0.3, -0.25) is 4.79 Å². The molecule has 1 heterocycles. The molecule has 0 fully saturated rings. The molecule has 0 saturated carbocycles. The Kier molecular flexibility index (Phi) is 3.06. The fourth-order valence-corrected chi connectivity index (χ4v) is 2.21. The second-order valence-electron chi connectivity index (χ2n) is 4.65. The van der Waals surface area contributed by atoms with Crippen LogP contribution in [0.4, 0.5) is 0 Å². The summed E-state index contributed by atoms with van der Waals surface area (Å²) in [6.07, 6.45) is -0.0253. The van der Waals surface area contributed by atoms with Crippen molar-refractivity contribution in [3.8, 4) is 28.7 Å². The summed E-state index contributed by atoms with van der Waals surface area (Å²) in [6, 6.07) is 7.09. The minimum Gasteiger partial charge on any atom is -0.508 e. The van der Waals surface area contributed by atoms with E-state index in [9.17, 15) is 20.1 Å². The molecule has 0 aromatic heterocycles. The van der Waals surface area contributed by atoms with Crippen molar-refractivity contribution >= 4 is 5.78 Å². The molecular weight excluding hydrogens is 276 g/mol. The summed E-state index contributed by atoms with van der Waals surface area (Å²) in [5, 5.41) is 28.6. The number of Topliss-reactive ketones (excluding diaryl/α,β-unsaturated/α-hetero) is 1. The van der Waals surface area contributed by atoms with Crippen molar-refractivity contribution in [3.05, 3.63) is 41.5 Å². The van der Waals surface area contributed by atoms with Crippen LogP contribution >= 0.6 is 0 Å².